The van der Waals surface area contributed by atoms with E-state index in [1.807, 2.05) is 0 Å². The van der Waals surface area contributed by atoms with Crippen molar-refractivity contribution in [2.24, 2.45) is 5.92 Å². The molecule has 0 unspecified atom stereocenters. The van der Waals surface area contributed by atoms with Crippen molar-refractivity contribution in [1.29, 1.82) is 0 Å². The number of nitrogens with one attached hydrogen (secondary N) is 1. The molecule has 0 atom stereocenters. The largest absolute Gasteiger partial charge is 0.494 e. The monoisotopic (exact) mass is 469 g/mol. The van der Waals surface area contributed by atoms with Crippen LogP contribution in [0.15, 0.2) is 41.2 Å². The highest BCUT2D eigenvalue weighted by atomic mass is 19.1. The summed E-state index contributed by atoms with van der Waals surface area (Å²) in [5.74, 6) is -0.933. The zero-order valence-corrected chi connectivity index (χ0v) is 18.8. The van der Waals surface area contributed by atoms with Crippen LogP contribution in [0.2, 0.25) is 0 Å². The SMILES string of the molecule is COc1ccc(C(=O)C2CCN(C(=O)CCCc3nc4ccc(F)cc4c(=O)[nH]3)CC2)cc1F. The number of aromatic nitrogens is 2. The lowest BCUT2D eigenvalue weighted by atomic mass is 9.88. The van der Waals surface area contributed by atoms with Crippen LogP contribution in [0.1, 0.15) is 41.9 Å². The molecule has 3 aromatic rings. The number of carbonyl (C=O) groups is 2. The molecule has 0 aliphatic carbocycles. The van der Waals surface area contributed by atoms with E-state index in [1.54, 1.807) is 11.0 Å². The standard InChI is InChI=1S/C25H25F2N3O4/c1-34-21-8-5-16(13-19(21)27)24(32)15-9-11-30(12-10-15)23(31)4-2-3-22-28-20-7-6-17(26)14-18(20)25(33)29-22/h5-8,13-15H,2-4,9-12H2,1H3,(H,28,29,33). The number of halogens is 2. The number of nitrogens with zero attached hydrogens (tertiary/aromatic N) is 2. The number of aryl methyl sites for hydroxylation is 1. The summed E-state index contributed by atoms with van der Waals surface area (Å²) in [5, 5.41) is 0.189. The smallest absolute Gasteiger partial charge is 0.258 e. The number of hydrogen-bond acceptors (Lipinski definition) is 5. The first kappa shape index (κ1) is 23.5. The van der Waals surface area contributed by atoms with Gasteiger partial charge in [0.2, 0.25) is 5.91 Å². The minimum absolute atomic E-state index is 0.0217. The van der Waals surface area contributed by atoms with Crippen molar-refractivity contribution >= 4 is 22.6 Å². The van der Waals surface area contributed by atoms with E-state index < -0.39 is 17.2 Å². The van der Waals surface area contributed by atoms with Crippen molar-refractivity contribution in [3.05, 3.63) is 69.8 Å². The van der Waals surface area contributed by atoms with Gasteiger partial charge in [-0.3, -0.25) is 14.4 Å². The first-order chi connectivity index (χ1) is 16.4. The van der Waals surface area contributed by atoms with Gasteiger partial charge in [0.25, 0.3) is 5.56 Å². The number of H-pyrrole nitrogens is 1. The second-order valence-electron chi connectivity index (χ2n) is 8.40. The zero-order chi connectivity index (χ0) is 24.2. The number of Topliss-reactive ketones (excluding diaryl/α,β-unsaturated/α-hetero) is 1. The molecule has 1 amide bonds. The molecule has 0 bridgehead atoms. The van der Waals surface area contributed by atoms with Crippen molar-refractivity contribution in [2.45, 2.75) is 32.1 Å². The Morgan fingerprint density at radius 3 is 2.62 bits per heavy atom. The van der Waals surface area contributed by atoms with Crippen LogP contribution < -0.4 is 10.3 Å². The molecule has 2 aromatic carbocycles. The van der Waals surface area contributed by atoms with Crippen molar-refractivity contribution in [3.8, 4) is 5.75 Å². The summed E-state index contributed by atoms with van der Waals surface area (Å²) < 4.78 is 32.1. The van der Waals surface area contributed by atoms with Gasteiger partial charge >= 0.3 is 0 Å². The number of aromatic amines is 1. The second-order valence-corrected chi connectivity index (χ2v) is 8.40. The summed E-state index contributed by atoms with van der Waals surface area (Å²) >= 11 is 0. The number of methoxy groups -OCH3 is 1. The van der Waals surface area contributed by atoms with Crippen LogP contribution in [-0.2, 0) is 11.2 Å². The van der Waals surface area contributed by atoms with E-state index in [2.05, 4.69) is 9.97 Å². The molecule has 178 valence electrons. The molecule has 7 nitrogen and oxygen atoms in total. The third-order valence-electron chi connectivity index (χ3n) is 6.18. The van der Waals surface area contributed by atoms with E-state index in [1.165, 1.54) is 31.4 Å². The molecule has 0 saturated carbocycles. The fraction of sp³-hybridized carbons (Fsp3) is 0.360. The number of hydrogen-bond donors (Lipinski definition) is 1. The average molecular weight is 469 g/mol. The first-order valence-corrected chi connectivity index (χ1v) is 11.2. The first-order valence-electron chi connectivity index (χ1n) is 11.2. The van der Waals surface area contributed by atoms with Crippen molar-refractivity contribution in [3.63, 3.8) is 0 Å². The summed E-state index contributed by atoms with van der Waals surface area (Å²) in [6.07, 6.45) is 2.24. The van der Waals surface area contributed by atoms with E-state index in [9.17, 15) is 23.2 Å². The third kappa shape index (κ3) is 5.13. The molecule has 1 fully saturated rings. The fourth-order valence-corrected chi connectivity index (χ4v) is 4.29. The normalized spacial score (nSPS) is 14.4. The quantitative estimate of drug-likeness (QED) is 0.534. The Bertz CT molecular complexity index is 1280. The Balaban J connectivity index is 1.27. The molecule has 4 rings (SSSR count). The van der Waals surface area contributed by atoms with Crippen molar-refractivity contribution < 1.29 is 23.1 Å². The number of fused-ring (bicyclic) bond motifs is 1. The fourth-order valence-electron chi connectivity index (χ4n) is 4.29. The Hall–Kier alpha value is -3.62. The third-order valence-corrected chi connectivity index (χ3v) is 6.18. The maximum atomic E-state index is 13.9. The van der Waals surface area contributed by atoms with Gasteiger partial charge in [-0.05, 0) is 55.7 Å². The summed E-state index contributed by atoms with van der Waals surface area (Å²) in [5.41, 5.74) is 0.312. The van der Waals surface area contributed by atoms with Crippen LogP contribution in [0.3, 0.4) is 0 Å². The average Bonchev–Trinajstić information content (AvgIpc) is 2.84. The molecule has 2 heterocycles. The van der Waals surface area contributed by atoms with Crippen molar-refractivity contribution in [1.82, 2.24) is 14.9 Å². The highest BCUT2D eigenvalue weighted by Gasteiger charge is 2.28. The predicted molar refractivity (Wildman–Crippen MR) is 122 cm³/mol. The molecule has 9 heteroatoms. The molecule has 1 N–H and O–H groups in total. The summed E-state index contributed by atoms with van der Waals surface area (Å²) in [7, 11) is 1.37. The van der Waals surface area contributed by atoms with Gasteiger partial charge in [0.05, 0.1) is 18.0 Å². The molecule has 34 heavy (non-hydrogen) atoms. The topological polar surface area (TPSA) is 92.4 Å². The lowest BCUT2D eigenvalue weighted by molar-refractivity contribution is -0.132. The summed E-state index contributed by atoms with van der Waals surface area (Å²) in [6.45, 7) is 0.926. The highest BCUT2D eigenvalue weighted by molar-refractivity contribution is 5.98. The molecule has 0 radical (unpaired) electrons. The minimum Gasteiger partial charge on any atom is -0.494 e. The Morgan fingerprint density at radius 1 is 1.15 bits per heavy atom. The lowest BCUT2D eigenvalue weighted by Crippen LogP contribution is -2.40. The van der Waals surface area contributed by atoms with E-state index in [4.69, 9.17) is 4.74 Å². The minimum atomic E-state index is -0.574. The van der Waals surface area contributed by atoms with Gasteiger partial charge in [-0.15, -0.1) is 0 Å². The van der Waals surface area contributed by atoms with E-state index in [0.29, 0.717) is 55.7 Å². The number of carbonyl (C=O) groups excluding carboxylic acids is 2. The maximum Gasteiger partial charge on any atom is 0.258 e. The van der Waals surface area contributed by atoms with Crippen LogP contribution in [0.5, 0.6) is 5.75 Å². The highest BCUT2D eigenvalue weighted by Crippen LogP contribution is 2.25. The van der Waals surface area contributed by atoms with Gasteiger partial charge in [-0.1, -0.05) is 0 Å². The zero-order valence-electron chi connectivity index (χ0n) is 18.8. The number of rotatable bonds is 7. The van der Waals surface area contributed by atoms with Gasteiger partial charge in [0.15, 0.2) is 17.3 Å². The second kappa shape index (κ2) is 10.1. The van der Waals surface area contributed by atoms with Crippen LogP contribution in [0, 0.1) is 17.6 Å². The number of amides is 1. The molecule has 0 spiro atoms. The van der Waals surface area contributed by atoms with Gasteiger partial charge in [0.1, 0.15) is 11.6 Å². The molecular weight excluding hydrogens is 444 g/mol. The number of ether oxygens (including phenoxy) is 1. The molecular formula is C25H25F2N3O4. The Morgan fingerprint density at radius 2 is 1.91 bits per heavy atom. The van der Waals surface area contributed by atoms with Gasteiger partial charge < -0.3 is 14.6 Å². The number of benzene rings is 2. The van der Waals surface area contributed by atoms with Crippen LogP contribution in [-0.4, -0.2) is 46.8 Å². The predicted octanol–water partition coefficient (Wildman–Crippen LogP) is 3.65. The van der Waals surface area contributed by atoms with Crippen LogP contribution in [0.25, 0.3) is 10.9 Å². The van der Waals surface area contributed by atoms with E-state index >= 15 is 0 Å². The van der Waals surface area contributed by atoms with Gasteiger partial charge in [0, 0.05) is 37.4 Å². The maximum absolute atomic E-state index is 13.9. The van der Waals surface area contributed by atoms with E-state index in [0.717, 1.165) is 6.07 Å². The molecule has 1 saturated heterocycles. The number of likely N-dealkylation sites (tertiary alicyclic amines) is 1. The van der Waals surface area contributed by atoms with Crippen molar-refractivity contribution in [2.75, 3.05) is 20.2 Å². The number of ketones is 1. The molecule has 1 aliphatic rings. The summed E-state index contributed by atoms with van der Waals surface area (Å²) in [4.78, 5) is 46.2. The van der Waals surface area contributed by atoms with Crippen LogP contribution in [0.4, 0.5) is 8.78 Å². The van der Waals surface area contributed by atoms with E-state index in [-0.39, 0.29) is 35.2 Å². The summed E-state index contributed by atoms with van der Waals surface area (Å²) in [6, 6.07) is 8.05. The van der Waals surface area contributed by atoms with Gasteiger partial charge in [-0.2, -0.15) is 0 Å². The molecule has 1 aromatic heterocycles. The van der Waals surface area contributed by atoms with Gasteiger partial charge in [-0.25, -0.2) is 13.8 Å². The number of piperidine rings is 1. The Labute approximate surface area is 194 Å². The molecule has 1 aliphatic heterocycles. The lowest BCUT2D eigenvalue weighted by Gasteiger charge is -2.31. The Kier molecular flexibility index (Phi) is 7.00. The van der Waals surface area contributed by atoms with Crippen LogP contribution >= 0.6 is 0 Å².